The summed E-state index contributed by atoms with van der Waals surface area (Å²) in [5.41, 5.74) is 2.38. The molecule has 0 saturated carbocycles. The second-order valence-corrected chi connectivity index (χ2v) is 9.01. The van der Waals surface area contributed by atoms with Gasteiger partial charge in [-0.25, -0.2) is 9.78 Å². The van der Waals surface area contributed by atoms with Crippen molar-refractivity contribution in [3.05, 3.63) is 67.1 Å². The van der Waals surface area contributed by atoms with Crippen LogP contribution >= 0.6 is 12.4 Å². The summed E-state index contributed by atoms with van der Waals surface area (Å²) in [6, 6.07) is 3.53. The standard InChI is InChI=1S/C17H20N4O6.C8H11NO3.ClH/c1-7-3-9-10(4-8(7)2)21(5-11(23)14(25)12(24)6-22)15-13(18-9)16(26)20-17(27)19-15;1-5-8(12)7(4-11)6(3-10)2-9-5;/h3-4,11-12,14,22-25H,5-6H2,1-2H3,(H,20,26,27);2,10-12H,3-4H2,1H3;1H/t11-,12+,14-;;/m0../s1. The topological polar surface area (TPSA) is 235 Å². The van der Waals surface area contributed by atoms with Gasteiger partial charge in [-0.05, 0) is 44.0 Å². The molecule has 0 unspecified atom stereocenters. The summed E-state index contributed by atoms with van der Waals surface area (Å²) < 4.78 is 1.40. The van der Waals surface area contributed by atoms with Gasteiger partial charge < -0.3 is 40.3 Å². The minimum atomic E-state index is -1.64. The van der Waals surface area contributed by atoms with Crippen LogP contribution < -0.4 is 11.2 Å². The largest absolute Gasteiger partial charge is 0.506 e. The average Bonchev–Trinajstić information content (AvgIpc) is 2.91. The van der Waals surface area contributed by atoms with Gasteiger partial charge in [-0.2, -0.15) is 4.98 Å². The van der Waals surface area contributed by atoms with Gasteiger partial charge in [0.1, 0.15) is 24.1 Å². The summed E-state index contributed by atoms with van der Waals surface area (Å²) >= 11 is 0. The third kappa shape index (κ3) is 6.79. The van der Waals surface area contributed by atoms with Crippen molar-refractivity contribution < 1.29 is 35.7 Å². The van der Waals surface area contributed by atoms with Crippen molar-refractivity contribution in [1.29, 1.82) is 0 Å². The predicted molar refractivity (Wildman–Crippen MR) is 145 cm³/mol. The number of aliphatic hydroxyl groups is 6. The molecule has 15 heteroatoms. The molecule has 40 heavy (non-hydrogen) atoms. The number of halogens is 1. The van der Waals surface area contributed by atoms with E-state index in [0.29, 0.717) is 27.9 Å². The van der Waals surface area contributed by atoms with Crippen molar-refractivity contribution in [3.8, 4) is 17.3 Å². The molecule has 3 atom stereocenters. The first-order valence-electron chi connectivity index (χ1n) is 11.9. The normalized spacial score (nSPS) is 13.3. The minimum Gasteiger partial charge on any atom is -0.506 e. The molecular weight excluding hydrogens is 550 g/mol. The number of benzene rings is 1. The predicted octanol–water partition coefficient (Wildman–Crippen LogP) is -1.22. The highest BCUT2D eigenvalue weighted by Gasteiger charge is 2.27. The molecule has 8 N–H and O–H groups in total. The van der Waals surface area contributed by atoms with Crippen LogP contribution in [-0.4, -0.2) is 85.2 Å². The van der Waals surface area contributed by atoms with Gasteiger partial charge in [-0.3, -0.25) is 14.8 Å². The van der Waals surface area contributed by atoms with Gasteiger partial charge in [-0.15, -0.1) is 12.4 Å². The lowest BCUT2D eigenvalue weighted by molar-refractivity contribution is -0.0802. The minimum absolute atomic E-state index is 0. The van der Waals surface area contributed by atoms with Crippen LogP contribution in [0.25, 0.3) is 22.6 Å². The summed E-state index contributed by atoms with van der Waals surface area (Å²) in [7, 11) is 0. The van der Waals surface area contributed by atoms with Crippen molar-refractivity contribution in [3.63, 3.8) is 0 Å². The zero-order chi connectivity index (χ0) is 29.0. The van der Waals surface area contributed by atoms with Crippen LogP contribution in [0.5, 0.6) is 5.75 Å². The number of hydrogen-bond donors (Lipinski definition) is 8. The van der Waals surface area contributed by atoms with Crippen LogP contribution in [0.3, 0.4) is 0 Å². The Morgan fingerprint density at radius 2 is 1.60 bits per heavy atom. The molecule has 2 aliphatic heterocycles. The van der Waals surface area contributed by atoms with E-state index in [2.05, 4.69) is 19.9 Å². The first-order valence-corrected chi connectivity index (χ1v) is 11.9. The van der Waals surface area contributed by atoms with Crippen LogP contribution in [0.15, 0.2) is 27.9 Å². The Labute approximate surface area is 233 Å². The van der Waals surface area contributed by atoms with Crippen molar-refractivity contribution in [2.24, 2.45) is 0 Å². The summed E-state index contributed by atoms with van der Waals surface area (Å²) in [6.07, 6.45) is -3.24. The third-order valence-electron chi connectivity index (χ3n) is 6.33. The first-order chi connectivity index (χ1) is 18.4. The maximum Gasteiger partial charge on any atom is 0.349 e. The van der Waals surface area contributed by atoms with E-state index in [1.807, 2.05) is 13.8 Å². The Balaban J connectivity index is 0.000000363. The average molecular weight is 582 g/mol. The molecule has 4 rings (SSSR count). The lowest BCUT2D eigenvalue weighted by Gasteiger charge is -2.25. The van der Waals surface area contributed by atoms with Gasteiger partial charge in [-0.1, -0.05) is 0 Å². The number of H-pyrrole nitrogens is 1. The summed E-state index contributed by atoms with van der Waals surface area (Å²) in [6.45, 7) is 3.85. The highest BCUT2D eigenvalue weighted by Crippen LogP contribution is 2.25. The quantitative estimate of drug-likeness (QED) is 0.120. The lowest BCUT2D eigenvalue weighted by atomic mass is 10.1. The van der Waals surface area contributed by atoms with E-state index in [9.17, 15) is 30.0 Å². The number of hydrogen-bond acceptors (Lipinski definition) is 12. The summed E-state index contributed by atoms with van der Waals surface area (Å²) in [4.78, 5) is 37.8. The van der Waals surface area contributed by atoms with Crippen molar-refractivity contribution in [2.45, 2.75) is 58.8 Å². The number of aromatic amines is 1. The zero-order valence-electron chi connectivity index (χ0n) is 21.9. The summed E-state index contributed by atoms with van der Waals surface area (Å²) in [5, 5.41) is 65.8. The Morgan fingerprint density at radius 3 is 2.20 bits per heavy atom. The molecule has 0 fully saturated rings. The fourth-order valence-corrected chi connectivity index (χ4v) is 3.89. The second-order valence-electron chi connectivity index (χ2n) is 9.01. The van der Waals surface area contributed by atoms with Crippen molar-refractivity contribution >= 4 is 23.4 Å². The number of rotatable bonds is 7. The van der Waals surface area contributed by atoms with E-state index in [1.54, 1.807) is 19.1 Å². The monoisotopic (exact) mass is 581 g/mol. The van der Waals surface area contributed by atoms with Crippen LogP contribution in [0.2, 0.25) is 0 Å². The Morgan fingerprint density at radius 1 is 0.950 bits per heavy atom. The number of fused-ring (bicyclic) bond motifs is 2. The smallest absolute Gasteiger partial charge is 0.349 e. The van der Waals surface area contributed by atoms with E-state index in [0.717, 1.165) is 11.1 Å². The van der Waals surface area contributed by atoms with E-state index >= 15 is 0 Å². The molecule has 14 nitrogen and oxygen atoms in total. The molecule has 218 valence electrons. The Bertz CT molecular complexity index is 1560. The van der Waals surface area contributed by atoms with Crippen molar-refractivity contribution in [1.82, 2.24) is 24.5 Å². The molecule has 0 spiro atoms. The summed E-state index contributed by atoms with van der Waals surface area (Å²) in [5.74, 6) is -0.0895. The molecule has 0 radical (unpaired) electrons. The van der Waals surface area contributed by atoms with E-state index in [1.165, 1.54) is 10.8 Å². The number of pyridine rings is 1. The van der Waals surface area contributed by atoms with Gasteiger partial charge in [0, 0.05) is 17.3 Å². The van der Waals surface area contributed by atoms with E-state index in [4.69, 9.17) is 15.3 Å². The molecular formula is C25H32ClN5O9. The Kier molecular flexibility index (Phi) is 11.2. The SMILES string of the molecule is Cc1cc2nc3c(=O)[nH]c(=O)nc-3n(C[C@H](O)[C@H](O)[C@H](O)CO)c2cc1C.Cc1ncc(CO)c(CO)c1O.Cl. The molecule has 0 aliphatic carbocycles. The number of aromatic nitrogens is 5. The van der Waals surface area contributed by atoms with Gasteiger partial charge in [0.05, 0.1) is 43.1 Å². The van der Waals surface area contributed by atoms with Crippen LogP contribution in [0.1, 0.15) is 27.9 Å². The molecule has 2 aliphatic rings. The molecule has 1 aromatic heterocycles. The maximum absolute atomic E-state index is 12.2. The molecule has 3 heterocycles. The van der Waals surface area contributed by atoms with Crippen molar-refractivity contribution in [2.75, 3.05) is 6.61 Å². The Hall–Kier alpha value is -3.50. The van der Waals surface area contributed by atoms with E-state index < -0.39 is 36.2 Å². The number of aryl methyl sites for hydroxylation is 3. The van der Waals surface area contributed by atoms with Gasteiger partial charge in [0.25, 0.3) is 5.56 Å². The number of nitrogens with one attached hydrogen (secondary N) is 1. The van der Waals surface area contributed by atoms with Crippen LogP contribution in [-0.2, 0) is 19.8 Å². The van der Waals surface area contributed by atoms with E-state index in [-0.39, 0.29) is 49.4 Å². The van der Waals surface area contributed by atoms with Crippen LogP contribution in [0.4, 0.5) is 0 Å². The lowest BCUT2D eigenvalue weighted by Crippen LogP contribution is -2.42. The number of nitrogens with zero attached hydrogens (tertiary/aromatic N) is 4. The van der Waals surface area contributed by atoms with Gasteiger partial charge in [0.2, 0.25) is 0 Å². The van der Waals surface area contributed by atoms with Gasteiger partial charge in [0.15, 0.2) is 11.5 Å². The molecule has 0 bridgehead atoms. The third-order valence-corrected chi connectivity index (χ3v) is 6.33. The number of aliphatic hydroxyl groups excluding tert-OH is 6. The maximum atomic E-state index is 12.2. The molecule has 1 aromatic carbocycles. The molecule has 0 saturated heterocycles. The first kappa shape index (κ1) is 32.7. The number of aromatic hydroxyl groups is 1. The molecule has 0 amide bonds. The molecule has 2 aromatic rings. The van der Waals surface area contributed by atoms with Crippen LogP contribution in [0, 0.1) is 20.8 Å². The highest BCUT2D eigenvalue weighted by atomic mass is 35.5. The second kappa shape index (κ2) is 13.7. The van der Waals surface area contributed by atoms with Gasteiger partial charge >= 0.3 is 5.69 Å². The fraction of sp³-hybridized carbons (Fsp3) is 0.400. The highest BCUT2D eigenvalue weighted by molar-refractivity contribution is 5.85. The zero-order valence-corrected chi connectivity index (χ0v) is 22.8. The fourth-order valence-electron chi connectivity index (χ4n) is 3.89.